The Labute approximate surface area is 176 Å². The molecular weight excluding hydrogens is 376 g/mol. The average molecular weight is 421 g/mol. The Morgan fingerprint density at radius 3 is 1.69 bits per heavy atom. The third kappa shape index (κ3) is 13.6. The number of rotatable bonds is 7. The minimum atomic E-state index is -0.398. The number of piperidine rings is 1. The summed E-state index contributed by atoms with van der Waals surface area (Å²) in [7, 11) is 2.55. The molecule has 4 N–H and O–H groups in total. The number of hydrogen-bond acceptors (Lipinski definition) is 8. The van der Waals surface area contributed by atoms with Crippen LogP contribution in [0.25, 0.3) is 0 Å². The zero-order valence-corrected chi connectivity index (χ0v) is 19.5. The highest BCUT2D eigenvalue weighted by molar-refractivity contribution is 5.77. The Morgan fingerprint density at radius 1 is 1.03 bits per heavy atom. The van der Waals surface area contributed by atoms with Crippen LogP contribution in [0.15, 0.2) is 0 Å². The summed E-state index contributed by atoms with van der Waals surface area (Å²) in [4.78, 5) is 23.1. The first-order valence-electron chi connectivity index (χ1n) is 10.3. The number of nitrogens with zero attached hydrogens (tertiary/aromatic N) is 1. The predicted octanol–water partition coefficient (Wildman–Crippen LogP) is 1.85. The molecule has 0 atom stereocenters. The lowest BCUT2D eigenvalue weighted by atomic mass is 9.78. The first kappa shape index (κ1) is 30.0. The van der Waals surface area contributed by atoms with E-state index >= 15 is 0 Å². The molecule has 0 radical (unpaired) electrons. The van der Waals surface area contributed by atoms with Gasteiger partial charge in [0, 0.05) is 17.6 Å². The van der Waals surface area contributed by atoms with Crippen LogP contribution in [0.1, 0.15) is 73.1 Å². The normalized spacial score (nSPS) is 17.9. The van der Waals surface area contributed by atoms with Gasteiger partial charge in [-0.05, 0) is 53.5 Å². The van der Waals surface area contributed by atoms with Crippen molar-refractivity contribution in [3.8, 4) is 0 Å². The summed E-state index contributed by atoms with van der Waals surface area (Å²) >= 11 is 0. The molecule has 0 unspecified atom stereocenters. The molecule has 0 amide bonds. The highest BCUT2D eigenvalue weighted by Gasteiger charge is 2.44. The van der Waals surface area contributed by atoms with Crippen LogP contribution in [-0.2, 0) is 19.1 Å². The number of aliphatic hydroxyl groups excluding tert-OH is 2. The molecule has 8 nitrogen and oxygen atoms in total. The van der Waals surface area contributed by atoms with Gasteiger partial charge in [0.1, 0.15) is 0 Å². The molecular formula is C21H44N2O6. The van der Waals surface area contributed by atoms with Crippen molar-refractivity contribution in [3.63, 3.8) is 0 Å². The summed E-state index contributed by atoms with van der Waals surface area (Å²) in [6.45, 7) is 12.4. The number of β-amino-alcohol motifs (C(OH)–C–C–N with tert-alkyl or cyclic N) is 1. The second-order valence-corrected chi connectivity index (χ2v) is 8.36. The maximum atomic E-state index is 10.4. The van der Waals surface area contributed by atoms with E-state index in [1.165, 1.54) is 27.1 Å². The van der Waals surface area contributed by atoms with Gasteiger partial charge in [-0.3, -0.25) is 14.5 Å². The van der Waals surface area contributed by atoms with Crippen molar-refractivity contribution >= 4 is 11.9 Å². The van der Waals surface area contributed by atoms with Crippen molar-refractivity contribution in [1.82, 2.24) is 4.90 Å². The highest BCUT2D eigenvalue weighted by Crippen LogP contribution is 2.37. The average Bonchev–Trinajstić information content (AvgIpc) is 2.63. The van der Waals surface area contributed by atoms with E-state index in [1.54, 1.807) is 0 Å². The molecule has 0 aliphatic carbocycles. The first-order chi connectivity index (χ1) is 13.4. The predicted molar refractivity (Wildman–Crippen MR) is 114 cm³/mol. The number of likely N-dealkylation sites (tertiary alicyclic amines) is 1. The maximum absolute atomic E-state index is 10.4. The number of aliphatic hydroxyl groups is 2. The molecule has 0 bridgehead atoms. The molecule has 29 heavy (non-hydrogen) atoms. The minimum absolute atomic E-state index is 0.0239. The molecule has 1 fully saturated rings. The molecule has 1 aliphatic heterocycles. The Kier molecular flexibility index (Phi) is 16.1. The molecule has 0 aromatic carbocycles. The van der Waals surface area contributed by atoms with Crippen molar-refractivity contribution < 1.29 is 29.3 Å². The third-order valence-electron chi connectivity index (χ3n) is 4.80. The van der Waals surface area contributed by atoms with Crippen LogP contribution < -0.4 is 5.73 Å². The van der Waals surface area contributed by atoms with Crippen molar-refractivity contribution in [1.29, 1.82) is 0 Å². The summed E-state index contributed by atoms with van der Waals surface area (Å²) in [5.74, 6) is -0.796. The van der Waals surface area contributed by atoms with E-state index in [4.69, 9.17) is 10.8 Å². The van der Waals surface area contributed by atoms with Crippen LogP contribution >= 0.6 is 0 Å². The van der Waals surface area contributed by atoms with Gasteiger partial charge < -0.3 is 25.4 Å². The lowest BCUT2D eigenvalue weighted by Gasteiger charge is -2.54. The molecule has 1 aliphatic rings. The van der Waals surface area contributed by atoms with Crippen LogP contribution in [0.3, 0.4) is 0 Å². The SMILES string of the molecule is CC1(C)CC(O)CC(C)(C)N1CCO.CCCCN.COC(=O)CCC(=O)OC. The molecule has 0 spiro atoms. The number of hydrogen-bond donors (Lipinski definition) is 3. The van der Waals surface area contributed by atoms with E-state index < -0.39 is 11.9 Å². The molecule has 174 valence electrons. The van der Waals surface area contributed by atoms with Gasteiger partial charge in [-0.15, -0.1) is 0 Å². The Morgan fingerprint density at radius 2 is 1.45 bits per heavy atom. The summed E-state index contributed by atoms with van der Waals surface area (Å²) in [6.07, 6.45) is 3.92. The number of methoxy groups -OCH3 is 2. The first-order valence-corrected chi connectivity index (χ1v) is 10.3. The van der Waals surface area contributed by atoms with E-state index in [2.05, 4.69) is 49.0 Å². The van der Waals surface area contributed by atoms with Crippen molar-refractivity contribution in [2.45, 2.75) is 90.3 Å². The molecule has 8 heteroatoms. The number of carbonyl (C=O) groups excluding carboxylic acids is 2. The fourth-order valence-electron chi connectivity index (χ4n) is 3.58. The van der Waals surface area contributed by atoms with Crippen LogP contribution in [-0.4, -0.2) is 78.1 Å². The lowest BCUT2D eigenvalue weighted by Crippen LogP contribution is -2.62. The van der Waals surface area contributed by atoms with Gasteiger partial charge in [-0.2, -0.15) is 0 Å². The number of unbranched alkanes of at least 4 members (excludes halogenated alkanes) is 1. The van der Waals surface area contributed by atoms with Crippen LogP contribution in [0.2, 0.25) is 0 Å². The van der Waals surface area contributed by atoms with Gasteiger partial charge in [0.2, 0.25) is 0 Å². The Hall–Kier alpha value is -1.22. The Bertz CT molecular complexity index is 418. The molecule has 1 heterocycles. The number of esters is 2. The van der Waals surface area contributed by atoms with Gasteiger partial charge in [0.25, 0.3) is 0 Å². The summed E-state index contributed by atoms with van der Waals surface area (Å²) in [5.41, 5.74) is 5.09. The maximum Gasteiger partial charge on any atom is 0.306 e. The third-order valence-corrected chi connectivity index (χ3v) is 4.80. The van der Waals surface area contributed by atoms with Crippen molar-refractivity contribution in [2.24, 2.45) is 5.73 Å². The van der Waals surface area contributed by atoms with Crippen LogP contribution in [0.5, 0.6) is 0 Å². The van der Waals surface area contributed by atoms with Gasteiger partial charge >= 0.3 is 11.9 Å². The van der Waals surface area contributed by atoms with E-state index in [0.717, 1.165) is 19.4 Å². The van der Waals surface area contributed by atoms with Gasteiger partial charge in [0.15, 0.2) is 0 Å². The van der Waals surface area contributed by atoms with Gasteiger partial charge in [-0.25, -0.2) is 0 Å². The summed E-state index contributed by atoms with van der Waals surface area (Å²) in [6, 6.07) is 0. The van der Waals surface area contributed by atoms with Crippen LogP contribution in [0, 0.1) is 0 Å². The molecule has 0 aromatic rings. The number of ether oxygens (including phenoxy) is 2. The largest absolute Gasteiger partial charge is 0.469 e. The minimum Gasteiger partial charge on any atom is -0.469 e. The zero-order valence-electron chi connectivity index (χ0n) is 19.5. The second kappa shape index (κ2) is 15.6. The molecule has 1 saturated heterocycles. The fourth-order valence-corrected chi connectivity index (χ4v) is 3.58. The highest BCUT2D eigenvalue weighted by atomic mass is 16.5. The van der Waals surface area contributed by atoms with E-state index in [-0.39, 0.29) is 36.6 Å². The monoisotopic (exact) mass is 420 g/mol. The topological polar surface area (TPSA) is 122 Å². The number of nitrogens with two attached hydrogens (primary N) is 1. The van der Waals surface area contributed by atoms with Crippen molar-refractivity contribution in [3.05, 3.63) is 0 Å². The summed E-state index contributed by atoms with van der Waals surface area (Å²) in [5, 5.41) is 18.8. The number of carbonyl (C=O) groups is 2. The van der Waals surface area contributed by atoms with Crippen LogP contribution in [0.4, 0.5) is 0 Å². The second-order valence-electron chi connectivity index (χ2n) is 8.36. The van der Waals surface area contributed by atoms with E-state index in [0.29, 0.717) is 6.54 Å². The fraction of sp³-hybridized carbons (Fsp3) is 0.905. The quantitative estimate of drug-likeness (QED) is 0.533. The molecule has 1 rings (SSSR count). The zero-order chi connectivity index (χ0) is 23.1. The summed E-state index contributed by atoms with van der Waals surface area (Å²) < 4.78 is 8.60. The van der Waals surface area contributed by atoms with Gasteiger partial charge in [-0.1, -0.05) is 13.3 Å². The molecule has 0 saturated carbocycles. The van der Waals surface area contributed by atoms with E-state index in [1.807, 2.05) is 0 Å². The lowest BCUT2D eigenvalue weighted by molar-refractivity contribution is -0.147. The smallest absolute Gasteiger partial charge is 0.306 e. The van der Waals surface area contributed by atoms with Crippen molar-refractivity contribution in [2.75, 3.05) is 33.9 Å². The van der Waals surface area contributed by atoms with E-state index in [9.17, 15) is 14.7 Å². The van der Waals surface area contributed by atoms with Gasteiger partial charge in [0.05, 0.1) is 39.8 Å². The standard InChI is InChI=1S/C11H23NO2.C6H10O4.C4H11N/c1-10(2)7-9(14)8-11(3,4)12(10)5-6-13;1-9-5(7)3-4-6(8)10-2;1-2-3-4-5/h9,13-14H,5-8H2,1-4H3;3-4H2,1-2H3;2-5H2,1H3. The Balaban J connectivity index is 0. The molecule has 0 aromatic heterocycles.